The molecule has 1 aliphatic rings. The third-order valence-electron chi connectivity index (χ3n) is 3.53. The van der Waals surface area contributed by atoms with E-state index in [1.54, 1.807) is 0 Å². The number of rotatable bonds is 2. The standard InChI is InChI=1S/C14H17BrN2O/c1-16-9-11(10-17-4-6-18-7-5-17)13-3-2-12(15)8-14(13)16/h2-3,8-9H,4-7,10H2,1H3. The van der Waals surface area contributed by atoms with Crippen molar-refractivity contribution in [2.45, 2.75) is 6.54 Å². The van der Waals surface area contributed by atoms with E-state index in [-0.39, 0.29) is 0 Å². The number of fused-ring (bicyclic) bond motifs is 1. The van der Waals surface area contributed by atoms with Gasteiger partial charge in [-0.25, -0.2) is 0 Å². The molecule has 0 bridgehead atoms. The van der Waals surface area contributed by atoms with E-state index in [4.69, 9.17) is 4.74 Å². The van der Waals surface area contributed by atoms with E-state index >= 15 is 0 Å². The average Bonchev–Trinajstić information content (AvgIpc) is 2.67. The molecule has 0 N–H and O–H groups in total. The number of aryl methyl sites for hydroxylation is 1. The molecular formula is C14H17BrN2O. The van der Waals surface area contributed by atoms with Gasteiger partial charge in [-0.2, -0.15) is 0 Å². The SMILES string of the molecule is Cn1cc(CN2CCOCC2)c2ccc(Br)cc21. The van der Waals surface area contributed by atoms with Gasteiger partial charge in [0, 0.05) is 48.3 Å². The van der Waals surface area contributed by atoms with Crippen molar-refractivity contribution in [1.82, 2.24) is 9.47 Å². The molecular weight excluding hydrogens is 292 g/mol. The zero-order valence-electron chi connectivity index (χ0n) is 10.5. The van der Waals surface area contributed by atoms with Crippen LogP contribution < -0.4 is 0 Å². The normalized spacial score (nSPS) is 17.4. The fraction of sp³-hybridized carbons (Fsp3) is 0.429. The van der Waals surface area contributed by atoms with Crippen molar-refractivity contribution in [1.29, 1.82) is 0 Å². The molecule has 1 aliphatic heterocycles. The number of morpholine rings is 1. The van der Waals surface area contributed by atoms with Crippen LogP contribution >= 0.6 is 15.9 Å². The lowest BCUT2D eigenvalue weighted by atomic mass is 10.1. The molecule has 0 unspecified atom stereocenters. The van der Waals surface area contributed by atoms with Gasteiger partial charge in [-0.15, -0.1) is 0 Å². The molecule has 2 heterocycles. The number of benzene rings is 1. The fourth-order valence-corrected chi connectivity index (χ4v) is 2.92. The first-order valence-corrected chi connectivity index (χ1v) is 7.07. The van der Waals surface area contributed by atoms with Crippen molar-refractivity contribution < 1.29 is 4.74 Å². The summed E-state index contributed by atoms with van der Waals surface area (Å²) in [5, 5.41) is 1.35. The number of halogens is 1. The van der Waals surface area contributed by atoms with Crippen LogP contribution in [0.5, 0.6) is 0 Å². The van der Waals surface area contributed by atoms with E-state index in [0.29, 0.717) is 0 Å². The summed E-state index contributed by atoms with van der Waals surface area (Å²) in [5.41, 5.74) is 2.69. The maximum Gasteiger partial charge on any atom is 0.0594 e. The topological polar surface area (TPSA) is 17.4 Å². The number of nitrogens with zero attached hydrogens (tertiary/aromatic N) is 2. The Labute approximate surface area is 115 Å². The first-order valence-electron chi connectivity index (χ1n) is 6.27. The van der Waals surface area contributed by atoms with Gasteiger partial charge >= 0.3 is 0 Å². The predicted molar refractivity (Wildman–Crippen MR) is 76.7 cm³/mol. The minimum atomic E-state index is 0.857. The van der Waals surface area contributed by atoms with Crippen LogP contribution in [0.3, 0.4) is 0 Å². The molecule has 0 amide bonds. The number of ether oxygens (including phenoxy) is 1. The Bertz CT molecular complexity index is 558. The quantitative estimate of drug-likeness (QED) is 0.849. The maximum atomic E-state index is 5.39. The lowest BCUT2D eigenvalue weighted by Crippen LogP contribution is -2.35. The Morgan fingerprint density at radius 2 is 2.06 bits per heavy atom. The number of hydrogen-bond acceptors (Lipinski definition) is 2. The molecule has 0 saturated carbocycles. The molecule has 4 heteroatoms. The molecule has 1 aromatic heterocycles. The smallest absolute Gasteiger partial charge is 0.0594 e. The second-order valence-corrected chi connectivity index (χ2v) is 5.73. The van der Waals surface area contributed by atoms with Crippen LogP contribution in [0.1, 0.15) is 5.56 Å². The molecule has 0 aliphatic carbocycles. The molecule has 96 valence electrons. The molecule has 3 rings (SSSR count). The Morgan fingerprint density at radius 1 is 1.28 bits per heavy atom. The van der Waals surface area contributed by atoms with Crippen molar-refractivity contribution in [3.05, 3.63) is 34.4 Å². The Balaban J connectivity index is 1.91. The van der Waals surface area contributed by atoms with Crippen molar-refractivity contribution in [3.8, 4) is 0 Å². The number of hydrogen-bond donors (Lipinski definition) is 0. The second kappa shape index (κ2) is 5.03. The lowest BCUT2D eigenvalue weighted by molar-refractivity contribution is 0.0343. The van der Waals surface area contributed by atoms with Crippen molar-refractivity contribution >= 4 is 26.8 Å². The monoisotopic (exact) mass is 308 g/mol. The molecule has 2 aromatic rings. The molecule has 1 fully saturated rings. The minimum Gasteiger partial charge on any atom is -0.379 e. The zero-order chi connectivity index (χ0) is 12.5. The van der Waals surface area contributed by atoms with Gasteiger partial charge in [-0.1, -0.05) is 22.0 Å². The Morgan fingerprint density at radius 3 is 2.83 bits per heavy atom. The van der Waals surface area contributed by atoms with Crippen LogP contribution in [-0.4, -0.2) is 35.8 Å². The van der Waals surface area contributed by atoms with Crippen LogP contribution in [0, 0.1) is 0 Å². The second-order valence-electron chi connectivity index (χ2n) is 4.82. The average molecular weight is 309 g/mol. The molecule has 0 spiro atoms. The minimum absolute atomic E-state index is 0.857. The first kappa shape index (κ1) is 12.2. The highest BCUT2D eigenvalue weighted by molar-refractivity contribution is 9.10. The molecule has 0 atom stereocenters. The number of aromatic nitrogens is 1. The van der Waals surface area contributed by atoms with E-state index in [1.807, 2.05) is 0 Å². The van der Waals surface area contributed by atoms with E-state index in [1.165, 1.54) is 16.5 Å². The zero-order valence-corrected chi connectivity index (χ0v) is 12.1. The summed E-state index contributed by atoms with van der Waals surface area (Å²) in [4.78, 5) is 2.46. The van der Waals surface area contributed by atoms with Crippen molar-refractivity contribution in [2.75, 3.05) is 26.3 Å². The highest BCUT2D eigenvalue weighted by Gasteiger charge is 2.14. The van der Waals surface area contributed by atoms with E-state index in [0.717, 1.165) is 37.3 Å². The van der Waals surface area contributed by atoms with Crippen LogP contribution in [-0.2, 0) is 18.3 Å². The summed E-state index contributed by atoms with van der Waals surface area (Å²) in [5.74, 6) is 0. The van der Waals surface area contributed by atoms with Gasteiger partial charge in [0.2, 0.25) is 0 Å². The van der Waals surface area contributed by atoms with E-state index < -0.39 is 0 Å². The molecule has 0 radical (unpaired) electrons. The fourth-order valence-electron chi connectivity index (χ4n) is 2.57. The highest BCUT2D eigenvalue weighted by Crippen LogP contribution is 2.25. The largest absolute Gasteiger partial charge is 0.379 e. The predicted octanol–water partition coefficient (Wildman–Crippen LogP) is 2.77. The molecule has 18 heavy (non-hydrogen) atoms. The van der Waals surface area contributed by atoms with Gasteiger partial charge in [-0.3, -0.25) is 4.90 Å². The van der Waals surface area contributed by atoms with Gasteiger partial charge in [0.05, 0.1) is 13.2 Å². The van der Waals surface area contributed by atoms with Gasteiger partial charge in [-0.05, 0) is 17.7 Å². The first-order chi connectivity index (χ1) is 8.74. The van der Waals surface area contributed by atoms with Gasteiger partial charge < -0.3 is 9.30 Å². The maximum absolute atomic E-state index is 5.39. The van der Waals surface area contributed by atoms with Crippen LogP contribution in [0.2, 0.25) is 0 Å². The highest BCUT2D eigenvalue weighted by atomic mass is 79.9. The summed E-state index contributed by atoms with van der Waals surface area (Å²) in [7, 11) is 2.11. The third kappa shape index (κ3) is 2.32. The van der Waals surface area contributed by atoms with Crippen LogP contribution in [0.15, 0.2) is 28.9 Å². The summed E-state index contributed by atoms with van der Waals surface area (Å²) in [6, 6.07) is 6.50. The van der Waals surface area contributed by atoms with Crippen molar-refractivity contribution in [3.63, 3.8) is 0 Å². The van der Waals surface area contributed by atoms with E-state index in [9.17, 15) is 0 Å². The molecule has 3 nitrogen and oxygen atoms in total. The van der Waals surface area contributed by atoms with Crippen LogP contribution in [0.4, 0.5) is 0 Å². The summed E-state index contributed by atoms with van der Waals surface area (Å²) >= 11 is 3.53. The van der Waals surface area contributed by atoms with Crippen molar-refractivity contribution in [2.24, 2.45) is 7.05 Å². The van der Waals surface area contributed by atoms with E-state index in [2.05, 4.69) is 56.8 Å². The summed E-state index contributed by atoms with van der Waals surface area (Å²) < 4.78 is 8.73. The Kier molecular flexibility index (Phi) is 3.41. The lowest BCUT2D eigenvalue weighted by Gasteiger charge is -2.26. The summed E-state index contributed by atoms with van der Waals surface area (Å²) in [6.07, 6.45) is 2.24. The van der Waals surface area contributed by atoms with Gasteiger partial charge in [0.25, 0.3) is 0 Å². The van der Waals surface area contributed by atoms with Crippen LogP contribution in [0.25, 0.3) is 10.9 Å². The van der Waals surface area contributed by atoms with Gasteiger partial charge in [0.1, 0.15) is 0 Å². The third-order valence-corrected chi connectivity index (χ3v) is 4.03. The molecule has 1 aromatic carbocycles. The Hall–Kier alpha value is -0.840. The summed E-state index contributed by atoms with van der Waals surface area (Å²) in [6.45, 7) is 4.80. The molecule has 1 saturated heterocycles. The van der Waals surface area contributed by atoms with Gasteiger partial charge in [0.15, 0.2) is 0 Å².